The number of nitrogens with zero attached hydrogens (tertiary/aromatic N) is 2. The summed E-state index contributed by atoms with van der Waals surface area (Å²) in [6, 6.07) is 5.94. The number of rotatable bonds is 2. The summed E-state index contributed by atoms with van der Waals surface area (Å²) < 4.78 is 5.29. The van der Waals surface area contributed by atoms with Gasteiger partial charge >= 0.3 is 0 Å². The van der Waals surface area contributed by atoms with Gasteiger partial charge in [-0.25, -0.2) is 0 Å². The first-order chi connectivity index (χ1) is 9.63. The summed E-state index contributed by atoms with van der Waals surface area (Å²) in [6.45, 7) is 5.98. The smallest absolute Gasteiger partial charge is 0.228 e. The fourth-order valence-electron chi connectivity index (χ4n) is 2.90. The van der Waals surface area contributed by atoms with E-state index in [4.69, 9.17) is 4.52 Å². The lowest BCUT2D eigenvalue weighted by atomic mass is 10.00. The van der Waals surface area contributed by atoms with Crippen LogP contribution in [0.3, 0.4) is 0 Å². The zero-order valence-corrected chi connectivity index (χ0v) is 12.1. The van der Waals surface area contributed by atoms with Gasteiger partial charge in [0.1, 0.15) is 5.69 Å². The van der Waals surface area contributed by atoms with Crippen LogP contribution in [0.1, 0.15) is 31.0 Å². The monoisotopic (exact) mass is 272 g/mol. The van der Waals surface area contributed by atoms with Crippen LogP contribution in [0.4, 0.5) is 0 Å². The molecule has 0 bridgehead atoms. The Morgan fingerprint density at radius 3 is 3.15 bits per heavy atom. The summed E-state index contributed by atoms with van der Waals surface area (Å²) in [4.78, 5) is 14.3. The standard InChI is InChI=1S/C16H20N2O2/c1-11-5-6-15-13(8-11)14(17-20-15)9-16(19)18-7-3-4-12(2)10-18/h5-6,8,12H,3-4,7,9-10H2,1-2H3/t12-/m0/s1. The van der Waals surface area contributed by atoms with Crippen LogP contribution >= 0.6 is 0 Å². The Morgan fingerprint density at radius 1 is 1.50 bits per heavy atom. The van der Waals surface area contributed by atoms with Crippen LogP contribution in [-0.2, 0) is 11.2 Å². The number of fused-ring (bicyclic) bond motifs is 1. The first-order valence-corrected chi connectivity index (χ1v) is 7.26. The first-order valence-electron chi connectivity index (χ1n) is 7.26. The molecular formula is C16H20N2O2. The van der Waals surface area contributed by atoms with Gasteiger partial charge in [0.15, 0.2) is 5.58 Å². The molecule has 0 aliphatic carbocycles. The maximum atomic E-state index is 12.4. The van der Waals surface area contributed by atoms with E-state index in [0.29, 0.717) is 12.3 Å². The maximum Gasteiger partial charge on any atom is 0.228 e. The fraction of sp³-hybridized carbons (Fsp3) is 0.500. The predicted octanol–water partition coefficient (Wildman–Crippen LogP) is 2.94. The Bertz CT molecular complexity index is 632. The highest BCUT2D eigenvalue weighted by atomic mass is 16.5. The highest BCUT2D eigenvalue weighted by Crippen LogP contribution is 2.22. The minimum atomic E-state index is 0.160. The van der Waals surface area contributed by atoms with Crippen molar-refractivity contribution in [2.24, 2.45) is 5.92 Å². The van der Waals surface area contributed by atoms with Gasteiger partial charge in [0.2, 0.25) is 5.91 Å². The second-order valence-electron chi connectivity index (χ2n) is 5.89. The number of carbonyl (C=O) groups excluding carboxylic acids is 1. The summed E-state index contributed by atoms with van der Waals surface area (Å²) in [5.74, 6) is 0.761. The summed E-state index contributed by atoms with van der Waals surface area (Å²) in [6.07, 6.45) is 2.66. The summed E-state index contributed by atoms with van der Waals surface area (Å²) >= 11 is 0. The molecule has 3 rings (SSSR count). The Balaban J connectivity index is 1.78. The molecule has 1 amide bonds. The van der Waals surface area contributed by atoms with Gasteiger partial charge in [0, 0.05) is 18.5 Å². The van der Waals surface area contributed by atoms with Gasteiger partial charge in [-0.1, -0.05) is 23.7 Å². The van der Waals surface area contributed by atoms with Crippen molar-refractivity contribution < 1.29 is 9.32 Å². The lowest BCUT2D eigenvalue weighted by Gasteiger charge is -2.30. The van der Waals surface area contributed by atoms with Gasteiger partial charge in [-0.15, -0.1) is 0 Å². The molecule has 2 heterocycles. The number of hydrogen-bond acceptors (Lipinski definition) is 3. The molecule has 1 aliphatic heterocycles. The Kier molecular flexibility index (Phi) is 3.47. The number of aryl methyl sites for hydroxylation is 1. The van der Waals surface area contributed by atoms with Crippen LogP contribution in [0.25, 0.3) is 11.0 Å². The minimum Gasteiger partial charge on any atom is -0.356 e. The summed E-state index contributed by atoms with van der Waals surface area (Å²) in [5.41, 5.74) is 2.67. The zero-order valence-electron chi connectivity index (χ0n) is 12.1. The first kappa shape index (κ1) is 13.2. The van der Waals surface area contributed by atoms with E-state index in [1.165, 1.54) is 6.42 Å². The SMILES string of the molecule is Cc1ccc2onc(CC(=O)N3CCC[C@H](C)C3)c2c1. The van der Waals surface area contributed by atoms with Crippen molar-refractivity contribution in [2.45, 2.75) is 33.1 Å². The fourth-order valence-corrected chi connectivity index (χ4v) is 2.90. The van der Waals surface area contributed by atoms with Gasteiger partial charge in [-0.05, 0) is 37.8 Å². The molecule has 1 saturated heterocycles. The third-order valence-corrected chi connectivity index (χ3v) is 4.03. The molecular weight excluding hydrogens is 252 g/mol. The topological polar surface area (TPSA) is 46.3 Å². The number of piperidine rings is 1. The van der Waals surface area contributed by atoms with Crippen molar-refractivity contribution in [3.8, 4) is 0 Å². The largest absolute Gasteiger partial charge is 0.356 e. The molecule has 106 valence electrons. The average Bonchev–Trinajstić information content (AvgIpc) is 2.81. The predicted molar refractivity (Wildman–Crippen MR) is 77.4 cm³/mol. The minimum absolute atomic E-state index is 0.160. The van der Waals surface area contributed by atoms with E-state index in [0.717, 1.165) is 41.7 Å². The van der Waals surface area contributed by atoms with Crippen LogP contribution < -0.4 is 0 Å². The van der Waals surface area contributed by atoms with E-state index in [9.17, 15) is 4.79 Å². The van der Waals surface area contributed by atoms with E-state index in [1.807, 2.05) is 30.0 Å². The molecule has 1 atom stereocenters. The number of hydrogen-bond donors (Lipinski definition) is 0. The van der Waals surface area contributed by atoms with Crippen LogP contribution in [-0.4, -0.2) is 29.1 Å². The number of carbonyl (C=O) groups is 1. The van der Waals surface area contributed by atoms with Crippen LogP contribution in [0, 0.1) is 12.8 Å². The average molecular weight is 272 g/mol. The molecule has 0 unspecified atom stereocenters. The lowest BCUT2D eigenvalue weighted by Crippen LogP contribution is -2.40. The summed E-state index contributed by atoms with van der Waals surface area (Å²) in [5, 5.41) is 5.03. The molecule has 1 fully saturated rings. The van der Waals surface area contributed by atoms with Crippen molar-refractivity contribution in [2.75, 3.05) is 13.1 Å². The number of likely N-dealkylation sites (tertiary alicyclic amines) is 1. The second kappa shape index (κ2) is 5.27. The van der Waals surface area contributed by atoms with Crippen molar-refractivity contribution in [3.05, 3.63) is 29.5 Å². The van der Waals surface area contributed by atoms with E-state index in [1.54, 1.807) is 0 Å². The number of amides is 1. The summed E-state index contributed by atoms with van der Waals surface area (Å²) in [7, 11) is 0. The molecule has 0 spiro atoms. The van der Waals surface area contributed by atoms with Gasteiger partial charge in [0.25, 0.3) is 0 Å². The van der Waals surface area contributed by atoms with Crippen LogP contribution in [0.5, 0.6) is 0 Å². The van der Waals surface area contributed by atoms with E-state index in [-0.39, 0.29) is 5.91 Å². The van der Waals surface area contributed by atoms with E-state index in [2.05, 4.69) is 12.1 Å². The Hall–Kier alpha value is -1.84. The number of benzene rings is 1. The Labute approximate surface area is 118 Å². The molecule has 1 aromatic carbocycles. The quantitative estimate of drug-likeness (QED) is 0.844. The highest BCUT2D eigenvalue weighted by molar-refractivity contribution is 5.86. The van der Waals surface area contributed by atoms with Crippen molar-refractivity contribution >= 4 is 16.9 Å². The van der Waals surface area contributed by atoms with Crippen LogP contribution in [0.2, 0.25) is 0 Å². The molecule has 2 aromatic rings. The molecule has 0 N–H and O–H groups in total. The molecule has 4 heteroatoms. The zero-order chi connectivity index (χ0) is 14.1. The number of aromatic nitrogens is 1. The van der Waals surface area contributed by atoms with E-state index < -0.39 is 0 Å². The highest BCUT2D eigenvalue weighted by Gasteiger charge is 2.22. The third kappa shape index (κ3) is 2.55. The molecule has 1 aliphatic rings. The molecule has 20 heavy (non-hydrogen) atoms. The molecule has 4 nitrogen and oxygen atoms in total. The van der Waals surface area contributed by atoms with Crippen molar-refractivity contribution in [1.29, 1.82) is 0 Å². The van der Waals surface area contributed by atoms with Crippen molar-refractivity contribution in [3.63, 3.8) is 0 Å². The van der Waals surface area contributed by atoms with Crippen molar-refractivity contribution in [1.82, 2.24) is 10.1 Å². The van der Waals surface area contributed by atoms with Gasteiger partial charge in [0.05, 0.1) is 6.42 Å². The molecule has 0 saturated carbocycles. The lowest BCUT2D eigenvalue weighted by molar-refractivity contribution is -0.132. The van der Waals surface area contributed by atoms with Gasteiger partial charge in [-0.2, -0.15) is 0 Å². The van der Waals surface area contributed by atoms with Gasteiger partial charge in [-0.3, -0.25) is 4.79 Å². The molecule has 1 aromatic heterocycles. The Morgan fingerprint density at radius 2 is 2.35 bits per heavy atom. The molecule has 0 radical (unpaired) electrons. The van der Waals surface area contributed by atoms with Crippen LogP contribution in [0.15, 0.2) is 22.7 Å². The second-order valence-corrected chi connectivity index (χ2v) is 5.89. The maximum absolute atomic E-state index is 12.4. The van der Waals surface area contributed by atoms with Gasteiger partial charge < -0.3 is 9.42 Å². The third-order valence-electron chi connectivity index (χ3n) is 4.03. The normalized spacial score (nSPS) is 19.5. The van der Waals surface area contributed by atoms with E-state index >= 15 is 0 Å².